The quantitative estimate of drug-likeness (QED) is 0.567. The van der Waals surface area contributed by atoms with Crippen molar-refractivity contribution in [3.05, 3.63) is 59.9 Å². The molecule has 0 aliphatic carbocycles. The van der Waals surface area contributed by atoms with Gasteiger partial charge in [0.2, 0.25) is 5.91 Å². The number of rotatable bonds is 5. The van der Waals surface area contributed by atoms with E-state index in [9.17, 15) is 4.79 Å². The van der Waals surface area contributed by atoms with Crippen molar-refractivity contribution in [3.63, 3.8) is 0 Å². The highest BCUT2D eigenvalue weighted by molar-refractivity contribution is 7.99. The van der Waals surface area contributed by atoms with E-state index >= 15 is 0 Å². The lowest BCUT2D eigenvalue weighted by Gasteiger charge is -2.26. The van der Waals surface area contributed by atoms with Gasteiger partial charge < -0.3 is 14.4 Å². The van der Waals surface area contributed by atoms with Crippen molar-refractivity contribution in [3.8, 4) is 17.2 Å². The maximum atomic E-state index is 13.1. The van der Waals surface area contributed by atoms with Crippen LogP contribution in [0.25, 0.3) is 5.69 Å². The van der Waals surface area contributed by atoms with Crippen LogP contribution in [0.15, 0.2) is 53.9 Å². The molecular formula is C23H24N4O3S. The molecule has 7 nitrogen and oxygen atoms in total. The SMILES string of the molecule is Cc1ccc(-n2cnnc2SCC(=O)N2CCCC2c2ccc3c(c2)OCCO3)cc1. The van der Waals surface area contributed by atoms with E-state index in [4.69, 9.17) is 9.47 Å². The maximum Gasteiger partial charge on any atom is 0.233 e. The molecular weight excluding hydrogens is 412 g/mol. The van der Waals surface area contributed by atoms with Crippen LogP contribution in [-0.2, 0) is 4.79 Å². The predicted octanol–water partition coefficient (Wildman–Crippen LogP) is 3.80. The minimum atomic E-state index is 0.0684. The van der Waals surface area contributed by atoms with Gasteiger partial charge in [0, 0.05) is 12.2 Å². The van der Waals surface area contributed by atoms with Crippen LogP contribution in [0.1, 0.15) is 30.0 Å². The predicted molar refractivity (Wildman–Crippen MR) is 118 cm³/mol. The zero-order valence-electron chi connectivity index (χ0n) is 17.4. The van der Waals surface area contributed by atoms with E-state index in [1.807, 2.05) is 39.8 Å². The molecule has 8 heteroatoms. The van der Waals surface area contributed by atoms with Gasteiger partial charge in [0.1, 0.15) is 19.5 Å². The number of benzene rings is 2. The Morgan fingerprint density at radius 2 is 1.94 bits per heavy atom. The molecule has 3 heterocycles. The zero-order valence-corrected chi connectivity index (χ0v) is 18.2. The summed E-state index contributed by atoms with van der Waals surface area (Å²) in [6.45, 7) is 3.95. The number of thioether (sulfide) groups is 1. The molecule has 2 aliphatic rings. The molecule has 2 aromatic carbocycles. The van der Waals surface area contributed by atoms with Crippen LogP contribution >= 0.6 is 11.8 Å². The molecule has 0 N–H and O–H groups in total. The van der Waals surface area contributed by atoms with Crippen molar-refractivity contribution in [1.82, 2.24) is 19.7 Å². The number of hydrogen-bond acceptors (Lipinski definition) is 6. The molecule has 0 bridgehead atoms. The van der Waals surface area contributed by atoms with Crippen LogP contribution in [0.5, 0.6) is 11.5 Å². The first-order valence-corrected chi connectivity index (χ1v) is 11.5. The molecule has 0 spiro atoms. The van der Waals surface area contributed by atoms with Gasteiger partial charge in [0.25, 0.3) is 0 Å². The number of likely N-dealkylation sites (tertiary alicyclic amines) is 1. The Morgan fingerprint density at radius 1 is 1.13 bits per heavy atom. The number of carbonyl (C=O) groups excluding carboxylic acids is 1. The van der Waals surface area contributed by atoms with Gasteiger partial charge in [0.15, 0.2) is 16.7 Å². The highest BCUT2D eigenvalue weighted by Crippen LogP contribution is 2.38. The number of fused-ring (bicyclic) bond motifs is 1. The summed E-state index contributed by atoms with van der Waals surface area (Å²) >= 11 is 1.42. The van der Waals surface area contributed by atoms with E-state index in [-0.39, 0.29) is 11.9 Å². The molecule has 3 aromatic rings. The Bertz CT molecular complexity index is 1080. The lowest BCUT2D eigenvalue weighted by molar-refractivity contribution is -0.129. The monoisotopic (exact) mass is 436 g/mol. The highest BCUT2D eigenvalue weighted by Gasteiger charge is 2.31. The summed E-state index contributed by atoms with van der Waals surface area (Å²) in [5.74, 6) is 1.98. The molecule has 1 saturated heterocycles. The van der Waals surface area contributed by atoms with Crippen LogP contribution in [0.4, 0.5) is 0 Å². The first-order chi connectivity index (χ1) is 15.2. The Kier molecular flexibility index (Phi) is 5.55. The van der Waals surface area contributed by atoms with E-state index in [1.54, 1.807) is 6.33 Å². The first kappa shape index (κ1) is 19.9. The molecule has 2 aliphatic heterocycles. The number of aryl methyl sites for hydroxylation is 1. The smallest absolute Gasteiger partial charge is 0.233 e. The van der Waals surface area contributed by atoms with Gasteiger partial charge in [-0.1, -0.05) is 35.5 Å². The van der Waals surface area contributed by atoms with Crippen LogP contribution in [0.3, 0.4) is 0 Å². The molecule has 1 aromatic heterocycles. The second kappa shape index (κ2) is 8.63. The Labute approximate surface area is 185 Å². The van der Waals surface area contributed by atoms with Gasteiger partial charge in [0.05, 0.1) is 11.8 Å². The molecule has 1 atom stereocenters. The standard InChI is InChI=1S/C23H24N4O3S/c1-16-4-7-18(8-5-16)27-15-24-25-23(27)31-14-22(28)26-10-2-3-19(26)17-6-9-20-21(13-17)30-12-11-29-20/h4-9,13,15,19H,2-3,10-12,14H2,1H3. The molecule has 5 rings (SSSR count). The minimum Gasteiger partial charge on any atom is -0.486 e. The van der Waals surface area contributed by atoms with Gasteiger partial charge in [-0.2, -0.15) is 0 Å². The Morgan fingerprint density at radius 3 is 2.77 bits per heavy atom. The van der Waals surface area contributed by atoms with Gasteiger partial charge in [-0.05, 0) is 49.6 Å². The molecule has 31 heavy (non-hydrogen) atoms. The van der Waals surface area contributed by atoms with Crippen molar-refractivity contribution in [2.45, 2.75) is 31.0 Å². The van der Waals surface area contributed by atoms with Gasteiger partial charge in [-0.15, -0.1) is 10.2 Å². The van der Waals surface area contributed by atoms with E-state index in [1.165, 1.54) is 17.3 Å². The van der Waals surface area contributed by atoms with Gasteiger partial charge >= 0.3 is 0 Å². The summed E-state index contributed by atoms with van der Waals surface area (Å²) in [5, 5.41) is 8.97. The molecule has 1 unspecified atom stereocenters. The fourth-order valence-electron chi connectivity index (χ4n) is 4.09. The molecule has 1 fully saturated rings. The summed E-state index contributed by atoms with van der Waals surface area (Å²) in [5.41, 5.74) is 3.28. The van der Waals surface area contributed by atoms with Crippen LogP contribution in [-0.4, -0.2) is 51.1 Å². The third-order valence-electron chi connectivity index (χ3n) is 5.68. The first-order valence-electron chi connectivity index (χ1n) is 10.5. The Hall–Kier alpha value is -3.00. The second-order valence-corrected chi connectivity index (χ2v) is 8.70. The van der Waals surface area contributed by atoms with Crippen LogP contribution in [0, 0.1) is 6.92 Å². The third kappa shape index (κ3) is 4.12. The van der Waals surface area contributed by atoms with Crippen LogP contribution < -0.4 is 9.47 Å². The summed E-state index contributed by atoms with van der Waals surface area (Å²) in [7, 11) is 0. The number of aromatic nitrogens is 3. The number of carbonyl (C=O) groups is 1. The Balaban J connectivity index is 1.28. The maximum absolute atomic E-state index is 13.1. The van der Waals surface area contributed by atoms with Crippen LogP contribution in [0.2, 0.25) is 0 Å². The fraction of sp³-hybridized carbons (Fsp3) is 0.348. The summed E-state index contributed by atoms with van der Waals surface area (Å²) in [6.07, 6.45) is 3.63. The second-order valence-electron chi connectivity index (χ2n) is 7.76. The average Bonchev–Trinajstić information content (AvgIpc) is 3.47. The van der Waals surface area contributed by atoms with Gasteiger partial charge in [-0.3, -0.25) is 9.36 Å². The number of ether oxygens (including phenoxy) is 2. The summed E-state index contributed by atoms with van der Waals surface area (Å²) < 4.78 is 13.3. The highest BCUT2D eigenvalue weighted by atomic mass is 32.2. The fourth-order valence-corrected chi connectivity index (χ4v) is 4.91. The van der Waals surface area contributed by atoms with Gasteiger partial charge in [-0.25, -0.2) is 0 Å². The molecule has 160 valence electrons. The number of nitrogens with zero attached hydrogens (tertiary/aromatic N) is 4. The lowest BCUT2D eigenvalue weighted by atomic mass is 10.0. The summed E-state index contributed by atoms with van der Waals surface area (Å²) in [6, 6.07) is 14.2. The lowest BCUT2D eigenvalue weighted by Crippen LogP contribution is -2.32. The van der Waals surface area contributed by atoms with E-state index in [0.29, 0.717) is 24.1 Å². The van der Waals surface area contributed by atoms with Crippen molar-refractivity contribution in [2.24, 2.45) is 0 Å². The minimum absolute atomic E-state index is 0.0684. The third-order valence-corrected chi connectivity index (χ3v) is 6.61. The normalized spacial score (nSPS) is 17.7. The number of hydrogen-bond donors (Lipinski definition) is 0. The van der Waals surface area contributed by atoms with E-state index < -0.39 is 0 Å². The average molecular weight is 437 g/mol. The van der Waals surface area contributed by atoms with Crippen molar-refractivity contribution in [2.75, 3.05) is 25.5 Å². The number of amides is 1. The topological polar surface area (TPSA) is 69.5 Å². The van der Waals surface area contributed by atoms with E-state index in [0.717, 1.165) is 42.1 Å². The zero-order chi connectivity index (χ0) is 21.2. The van der Waals surface area contributed by atoms with Crippen molar-refractivity contribution < 1.29 is 14.3 Å². The van der Waals surface area contributed by atoms with Crippen molar-refractivity contribution in [1.29, 1.82) is 0 Å². The molecule has 0 saturated carbocycles. The molecule has 0 radical (unpaired) electrons. The largest absolute Gasteiger partial charge is 0.486 e. The molecule has 1 amide bonds. The van der Waals surface area contributed by atoms with Crippen molar-refractivity contribution >= 4 is 17.7 Å². The van der Waals surface area contributed by atoms with E-state index in [2.05, 4.69) is 29.3 Å². The summed E-state index contributed by atoms with van der Waals surface area (Å²) in [4.78, 5) is 15.1.